The first kappa shape index (κ1) is 13.9. The summed E-state index contributed by atoms with van der Waals surface area (Å²) in [4.78, 5) is 3.76. The van der Waals surface area contributed by atoms with Crippen LogP contribution in [0.4, 0.5) is 4.39 Å². The highest BCUT2D eigenvalue weighted by molar-refractivity contribution is 7.89. The van der Waals surface area contributed by atoms with Crippen LogP contribution in [0.3, 0.4) is 0 Å². The van der Waals surface area contributed by atoms with Crippen LogP contribution in [-0.4, -0.2) is 30.3 Å². The Hall–Kier alpha value is -1.01. The highest BCUT2D eigenvalue weighted by atomic mass is 32.2. The van der Waals surface area contributed by atoms with Gasteiger partial charge in [0.25, 0.3) is 10.0 Å². The van der Waals surface area contributed by atoms with E-state index in [0.29, 0.717) is 12.5 Å². The number of hydrogen-bond acceptors (Lipinski definition) is 3. The molecule has 0 N–H and O–H groups in total. The molecule has 2 heterocycles. The molecule has 2 unspecified atom stereocenters. The van der Waals surface area contributed by atoms with Gasteiger partial charge in [-0.15, -0.1) is 0 Å². The molecule has 110 valence electrons. The molecular weight excluding hydrogens is 279 g/mol. The van der Waals surface area contributed by atoms with Crippen molar-refractivity contribution in [1.29, 1.82) is 0 Å². The maximum Gasteiger partial charge on any atom is 0.263 e. The molecule has 1 aliphatic heterocycles. The van der Waals surface area contributed by atoms with Gasteiger partial charge in [-0.05, 0) is 43.7 Å². The molecule has 1 aromatic rings. The van der Waals surface area contributed by atoms with Gasteiger partial charge in [0.05, 0.1) is 0 Å². The molecular formula is C14H19FN2O2S. The molecule has 1 aliphatic carbocycles. The fourth-order valence-electron chi connectivity index (χ4n) is 3.55. The van der Waals surface area contributed by atoms with Crippen molar-refractivity contribution in [2.45, 2.75) is 49.6 Å². The fourth-order valence-corrected chi connectivity index (χ4v) is 5.28. The summed E-state index contributed by atoms with van der Waals surface area (Å²) in [6.07, 6.45) is 7.47. The molecule has 0 radical (unpaired) electrons. The lowest BCUT2D eigenvalue weighted by Gasteiger charge is -2.42. The zero-order valence-corrected chi connectivity index (χ0v) is 12.2. The number of aromatic nitrogens is 1. The van der Waals surface area contributed by atoms with E-state index < -0.39 is 20.9 Å². The first-order chi connectivity index (χ1) is 9.60. The van der Waals surface area contributed by atoms with Gasteiger partial charge in [-0.25, -0.2) is 17.8 Å². The Morgan fingerprint density at radius 1 is 1.20 bits per heavy atom. The van der Waals surface area contributed by atoms with Crippen LogP contribution in [0.5, 0.6) is 0 Å². The van der Waals surface area contributed by atoms with Crippen molar-refractivity contribution in [3.8, 4) is 0 Å². The summed E-state index contributed by atoms with van der Waals surface area (Å²) in [5.74, 6) is -0.329. The monoisotopic (exact) mass is 298 g/mol. The number of fused-ring (bicyclic) bond motifs is 1. The predicted octanol–water partition coefficient (Wildman–Crippen LogP) is 2.56. The number of nitrogens with zero attached hydrogens (tertiary/aromatic N) is 2. The lowest BCUT2D eigenvalue weighted by Crippen LogP contribution is -2.49. The Morgan fingerprint density at radius 3 is 2.75 bits per heavy atom. The second-order valence-corrected chi connectivity index (χ2v) is 7.47. The van der Waals surface area contributed by atoms with E-state index in [9.17, 15) is 12.8 Å². The van der Waals surface area contributed by atoms with Crippen LogP contribution >= 0.6 is 0 Å². The Morgan fingerprint density at radius 2 is 1.95 bits per heavy atom. The zero-order chi connectivity index (χ0) is 14.2. The molecule has 20 heavy (non-hydrogen) atoms. The van der Waals surface area contributed by atoms with Gasteiger partial charge >= 0.3 is 0 Å². The zero-order valence-electron chi connectivity index (χ0n) is 11.3. The maximum atomic E-state index is 13.8. The summed E-state index contributed by atoms with van der Waals surface area (Å²) in [5, 5.41) is -0.425. The van der Waals surface area contributed by atoms with Gasteiger partial charge in [0.15, 0.2) is 5.82 Å². The van der Waals surface area contributed by atoms with Crippen LogP contribution in [-0.2, 0) is 10.0 Å². The average Bonchev–Trinajstić information content (AvgIpc) is 2.47. The number of rotatable bonds is 2. The normalized spacial score (nSPS) is 28.1. The fraction of sp³-hybridized carbons (Fsp3) is 0.643. The molecule has 1 saturated carbocycles. The number of piperidine rings is 1. The molecule has 2 fully saturated rings. The van der Waals surface area contributed by atoms with Crippen LogP contribution < -0.4 is 0 Å². The minimum absolute atomic E-state index is 0.0314. The summed E-state index contributed by atoms with van der Waals surface area (Å²) in [5.41, 5.74) is 0. The van der Waals surface area contributed by atoms with Gasteiger partial charge in [-0.2, -0.15) is 4.31 Å². The van der Waals surface area contributed by atoms with Crippen molar-refractivity contribution in [3.05, 3.63) is 24.1 Å². The third kappa shape index (κ3) is 2.35. The summed E-state index contributed by atoms with van der Waals surface area (Å²) in [6, 6.07) is 2.60. The number of pyridine rings is 1. The molecule has 2 atom stereocenters. The molecule has 0 amide bonds. The Balaban J connectivity index is 1.96. The molecule has 3 rings (SSSR count). The highest BCUT2D eigenvalue weighted by Gasteiger charge is 2.41. The third-order valence-corrected chi connectivity index (χ3v) is 6.33. The van der Waals surface area contributed by atoms with E-state index in [4.69, 9.17) is 0 Å². The molecule has 1 aromatic heterocycles. The largest absolute Gasteiger partial charge is 0.263 e. The van der Waals surface area contributed by atoms with Gasteiger partial charge in [0.2, 0.25) is 5.03 Å². The topological polar surface area (TPSA) is 50.3 Å². The van der Waals surface area contributed by atoms with Crippen LogP contribution in [0.15, 0.2) is 23.4 Å². The number of halogens is 1. The standard InChI is InChI=1S/C14H19FN2O2S/c15-12-7-3-9-16-14(12)20(18,19)17-10-4-6-11-5-1-2-8-13(11)17/h3,7,9,11,13H,1-2,4-6,8,10H2. The first-order valence-corrected chi connectivity index (χ1v) is 8.67. The highest BCUT2D eigenvalue weighted by Crippen LogP contribution is 2.37. The summed E-state index contributed by atoms with van der Waals surface area (Å²) in [7, 11) is -3.82. The van der Waals surface area contributed by atoms with Gasteiger partial charge in [-0.1, -0.05) is 12.8 Å². The number of hydrogen-bond donors (Lipinski definition) is 0. The van der Waals surface area contributed by atoms with Gasteiger partial charge in [0, 0.05) is 18.8 Å². The smallest absolute Gasteiger partial charge is 0.241 e. The van der Waals surface area contributed by atoms with Crippen LogP contribution in [0, 0.1) is 11.7 Å². The lowest BCUT2D eigenvalue weighted by atomic mass is 9.79. The van der Waals surface area contributed by atoms with Gasteiger partial charge < -0.3 is 0 Å². The Labute approximate surface area is 119 Å². The average molecular weight is 298 g/mol. The summed E-state index contributed by atoms with van der Waals surface area (Å²) in [6.45, 7) is 0.486. The molecule has 0 bridgehead atoms. The van der Waals surface area contributed by atoms with Crippen molar-refractivity contribution in [2.24, 2.45) is 5.92 Å². The molecule has 0 spiro atoms. The van der Waals surface area contributed by atoms with Crippen molar-refractivity contribution < 1.29 is 12.8 Å². The van der Waals surface area contributed by atoms with E-state index in [1.807, 2.05) is 0 Å². The van der Waals surface area contributed by atoms with Crippen molar-refractivity contribution in [1.82, 2.24) is 9.29 Å². The Bertz CT molecular complexity index is 589. The van der Waals surface area contributed by atoms with Gasteiger partial charge in [-0.3, -0.25) is 0 Å². The summed E-state index contributed by atoms with van der Waals surface area (Å²) >= 11 is 0. The SMILES string of the molecule is O=S(=O)(c1ncccc1F)N1CCCC2CCCCC21. The van der Waals surface area contributed by atoms with Gasteiger partial charge in [0.1, 0.15) is 0 Å². The predicted molar refractivity (Wildman–Crippen MR) is 73.1 cm³/mol. The Kier molecular flexibility index (Phi) is 3.77. The minimum atomic E-state index is -3.82. The maximum absolute atomic E-state index is 13.8. The molecule has 6 heteroatoms. The lowest BCUT2D eigenvalue weighted by molar-refractivity contribution is 0.128. The second kappa shape index (κ2) is 5.41. The van der Waals surface area contributed by atoms with E-state index in [0.717, 1.165) is 38.2 Å². The van der Waals surface area contributed by atoms with E-state index in [2.05, 4.69) is 4.98 Å². The molecule has 4 nitrogen and oxygen atoms in total. The third-order valence-electron chi connectivity index (χ3n) is 4.47. The first-order valence-electron chi connectivity index (χ1n) is 7.23. The van der Waals surface area contributed by atoms with Crippen molar-refractivity contribution >= 4 is 10.0 Å². The number of sulfonamides is 1. The molecule has 0 aromatic carbocycles. The van der Waals surface area contributed by atoms with Crippen molar-refractivity contribution in [2.75, 3.05) is 6.54 Å². The van der Waals surface area contributed by atoms with E-state index in [1.165, 1.54) is 23.0 Å². The summed E-state index contributed by atoms with van der Waals surface area (Å²) < 4.78 is 40.7. The van der Waals surface area contributed by atoms with Crippen LogP contribution in [0.1, 0.15) is 38.5 Å². The quantitative estimate of drug-likeness (QED) is 0.843. The minimum Gasteiger partial charge on any atom is -0.241 e. The molecule has 1 saturated heterocycles. The van der Waals surface area contributed by atoms with Crippen LogP contribution in [0.25, 0.3) is 0 Å². The van der Waals surface area contributed by atoms with Crippen molar-refractivity contribution in [3.63, 3.8) is 0 Å². The molecule has 2 aliphatic rings. The van der Waals surface area contributed by atoms with Crippen LogP contribution in [0.2, 0.25) is 0 Å². The van der Waals surface area contributed by atoms with E-state index in [-0.39, 0.29) is 6.04 Å². The van der Waals surface area contributed by atoms with E-state index in [1.54, 1.807) is 0 Å². The second-order valence-electron chi connectivity index (χ2n) is 5.66. The van der Waals surface area contributed by atoms with E-state index >= 15 is 0 Å².